The van der Waals surface area contributed by atoms with Gasteiger partial charge < -0.3 is 0 Å². The summed E-state index contributed by atoms with van der Waals surface area (Å²) in [5.41, 5.74) is 4.81. The van der Waals surface area contributed by atoms with Gasteiger partial charge >= 0.3 is 0 Å². The molecule has 4 heterocycles. The quantitative estimate of drug-likeness (QED) is 0.258. The van der Waals surface area contributed by atoms with E-state index in [0.29, 0.717) is 0 Å². The number of rotatable bonds is 5. The number of hydrogen-bond acceptors (Lipinski definition) is 5. The monoisotopic (exact) mass is 461 g/mol. The summed E-state index contributed by atoms with van der Waals surface area (Å²) in [6, 6.07) is 20.0. The molecule has 0 aliphatic carbocycles. The molecule has 0 N–H and O–H groups in total. The molecule has 148 valence electrons. The molecule has 5 heteroatoms. The fraction of sp³-hybridized carbons (Fsp3) is 0.160. The Labute approximate surface area is 192 Å². The van der Waals surface area contributed by atoms with Gasteiger partial charge in [0.25, 0.3) is 0 Å². The minimum absolute atomic E-state index is 0.815. The van der Waals surface area contributed by atoms with Crippen LogP contribution in [0.1, 0.15) is 36.2 Å². The molecule has 0 radical (unpaired) electrons. The van der Waals surface area contributed by atoms with Gasteiger partial charge in [-0.3, -0.25) is 0 Å². The van der Waals surface area contributed by atoms with Crippen molar-refractivity contribution in [3.05, 3.63) is 90.1 Å². The van der Waals surface area contributed by atoms with Crippen molar-refractivity contribution >= 4 is 54.7 Å². The van der Waals surface area contributed by atoms with Crippen LogP contribution >= 0.6 is 45.3 Å². The summed E-state index contributed by atoms with van der Waals surface area (Å²) in [6.07, 6.45) is 1.87. The summed E-state index contributed by atoms with van der Waals surface area (Å²) < 4.78 is 2.74. The number of nitriles is 1. The van der Waals surface area contributed by atoms with Gasteiger partial charge in [-0.2, -0.15) is 5.26 Å². The van der Waals surface area contributed by atoms with Crippen LogP contribution in [0.3, 0.4) is 0 Å². The van der Waals surface area contributed by atoms with Crippen LogP contribution in [0.15, 0.2) is 53.9 Å². The van der Waals surface area contributed by atoms with Crippen LogP contribution in [-0.2, 0) is 12.8 Å². The molecular formula is C25H19NS4. The van der Waals surface area contributed by atoms with Crippen LogP contribution in [0, 0.1) is 25.2 Å². The number of aryl methyl sites for hydroxylation is 2. The van der Waals surface area contributed by atoms with Gasteiger partial charge in [-0.15, -0.1) is 45.3 Å². The predicted molar refractivity (Wildman–Crippen MR) is 134 cm³/mol. The van der Waals surface area contributed by atoms with Crippen molar-refractivity contribution in [1.82, 2.24) is 0 Å². The van der Waals surface area contributed by atoms with E-state index >= 15 is 0 Å². The van der Waals surface area contributed by atoms with Crippen molar-refractivity contribution in [1.29, 1.82) is 5.26 Å². The predicted octanol–water partition coefficient (Wildman–Crippen LogP) is 8.42. The average molecular weight is 462 g/mol. The third kappa shape index (κ3) is 3.89. The minimum Gasteiger partial charge on any atom is -0.192 e. The Morgan fingerprint density at radius 3 is 2.13 bits per heavy atom. The van der Waals surface area contributed by atoms with E-state index in [-0.39, 0.29) is 0 Å². The van der Waals surface area contributed by atoms with Crippen molar-refractivity contribution in [2.45, 2.75) is 26.7 Å². The average Bonchev–Trinajstić information content (AvgIpc) is 3.48. The largest absolute Gasteiger partial charge is 0.192 e. The highest BCUT2D eigenvalue weighted by Gasteiger charge is 2.13. The second-order valence-corrected chi connectivity index (χ2v) is 11.9. The maximum absolute atomic E-state index is 9.23. The first kappa shape index (κ1) is 19.7. The fourth-order valence-electron chi connectivity index (χ4n) is 3.56. The van der Waals surface area contributed by atoms with Crippen molar-refractivity contribution < 1.29 is 0 Å². The Kier molecular flexibility index (Phi) is 5.34. The molecule has 5 rings (SSSR count). The van der Waals surface area contributed by atoms with Crippen LogP contribution in [0.2, 0.25) is 0 Å². The second kappa shape index (κ2) is 8.13. The molecule has 0 saturated carbocycles. The van der Waals surface area contributed by atoms with Crippen molar-refractivity contribution in [3.63, 3.8) is 0 Å². The molecule has 30 heavy (non-hydrogen) atoms. The maximum Gasteiger partial charge on any atom is 0.100 e. The Morgan fingerprint density at radius 1 is 0.800 bits per heavy atom. The van der Waals surface area contributed by atoms with Crippen LogP contribution in [0.5, 0.6) is 0 Å². The van der Waals surface area contributed by atoms with Gasteiger partial charge in [0.1, 0.15) is 6.07 Å². The molecule has 0 amide bonds. The topological polar surface area (TPSA) is 23.8 Å². The van der Waals surface area contributed by atoms with Gasteiger partial charge in [-0.1, -0.05) is 29.8 Å². The highest BCUT2D eigenvalue weighted by Crippen LogP contribution is 2.38. The van der Waals surface area contributed by atoms with E-state index in [0.717, 1.165) is 18.4 Å². The Balaban J connectivity index is 1.35. The summed E-state index contributed by atoms with van der Waals surface area (Å²) in [5.74, 6) is 0. The number of thiophene rings is 4. The molecule has 0 aliphatic heterocycles. The molecule has 0 saturated heterocycles. The molecule has 5 aromatic rings. The van der Waals surface area contributed by atoms with Crippen molar-refractivity contribution in [2.75, 3.05) is 0 Å². The van der Waals surface area contributed by atoms with Gasteiger partial charge in [-0.05, 0) is 54.6 Å². The second-order valence-electron chi connectivity index (χ2n) is 7.46. The van der Waals surface area contributed by atoms with Gasteiger partial charge in [0.2, 0.25) is 0 Å². The molecule has 1 nitrogen and oxygen atoms in total. The van der Waals surface area contributed by atoms with Gasteiger partial charge in [-0.25, -0.2) is 0 Å². The van der Waals surface area contributed by atoms with E-state index in [1.807, 2.05) is 45.5 Å². The lowest BCUT2D eigenvalue weighted by Gasteiger charge is -1.98. The molecule has 0 atom stereocenters. The zero-order chi connectivity index (χ0) is 20.7. The van der Waals surface area contributed by atoms with Crippen molar-refractivity contribution in [2.24, 2.45) is 0 Å². The van der Waals surface area contributed by atoms with E-state index in [1.165, 1.54) is 50.5 Å². The standard InChI is InChI=1S/C25H19NS4/c1-15-3-5-17(6-4-15)23-9-16(2)21(30-23)10-19-12-24-25(28-19)13-20(29-24)11-22-18(14-26)7-8-27-22/h3-9,12-13H,10-11H2,1-2H3. The number of hydrogen-bond donors (Lipinski definition) is 0. The Hall–Kier alpha value is -2.23. The lowest BCUT2D eigenvalue weighted by molar-refractivity contribution is 1.26. The first-order chi connectivity index (χ1) is 14.6. The molecule has 0 aliphatic rings. The molecule has 1 aromatic carbocycles. The molecule has 0 fully saturated rings. The number of benzene rings is 1. The van der Waals surface area contributed by atoms with Gasteiger partial charge in [0, 0.05) is 46.6 Å². The molecule has 0 bridgehead atoms. The summed E-state index contributed by atoms with van der Waals surface area (Å²) in [5, 5.41) is 11.2. The molecule has 0 spiro atoms. The summed E-state index contributed by atoms with van der Waals surface area (Å²) in [7, 11) is 0. The fourth-order valence-corrected chi connectivity index (χ4v) is 8.26. The number of fused-ring (bicyclic) bond motifs is 1. The van der Waals surface area contributed by atoms with Crippen LogP contribution in [-0.4, -0.2) is 0 Å². The van der Waals surface area contributed by atoms with Gasteiger partial charge in [0.15, 0.2) is 0 Å². The maximum atomic E-state index is 9.23. The highest BCUT2D eigenvalue weighted by molar-refractivity contribution is 7.28. The number of nitrogens with zero attached hydrogens (tertiary/aromatic N) is 1. The molecular weight excluding hydrogens is 443 g/mol. The normalized spacial score (nSPS) is 11.2. The summed E-state index contributed by atoms with van der Waals surface area (Å²) in [4.78, 5) is 6.75. The zero-order valence-corrected chi connectivity index (χ0v) is 20.0. The SMILES string of the molecule is Cc1ccc(-c2cc(C)c(Cc3cc4sc(Cc5sccc5C#N)cc4s3)s2)cc1. The van der Waals surface area contributed by atoms with E-state index in [4.69, 9.17) is 0 Å². The zero-order valence-electron chi connectivity index (χ0n) is 16.7. The van der Waals surface area contributed by atoms with E-state index in [9.17, 15) is 5.26 Å². The Morgan fingerprint density at radius 2 is 1.47 bits per heavy atom. The lowest BCUT2D eigenvalue weighted by Crippen LogP contribution is -1.83. The van der Waals surface area contributed by atoms with E-state index in [2.05, 4.69) is 62.4 Å². The van der Waals surface area contributed by atoms with Crippen LogP contribution < -0.4 is 0 Å². The molecule has 4 aromatic heterocycles. The van der Waals surface area contributed by atoms with Crippen molar-refractivity contribution in [3.8, 4) is 16.5 Å². The smallest absolute Gasteiger partial charge is 0.100 e. The first-order valence-electron chi connectivity index (χ1n) is 9.73. The molecule has 0 unspecified atom stereocenters. The van der Waals surface area contributed by atoms with Crippen LogP contribution in [0.4, 0.5) is 0 Å². The Bertz CT molecular complexity index is 1340. The van der Waals surface area contributed by atoms with Crippen LogP contribution in [0.25, 0.3) is 19.8 Å². The third-order valence-electron chi connectivity index (χ3n) is 5.20. The van der Waals surface area contributed by atoms with Gasteiger partial charge in [0.05, 0.1) is 5.56 Å². The summed E-state index contributed by atoms with van der Waals surface area (Å²) in [6.45, 7) is 4.36. The lowest BCUT2D eigenvalue weighted by atomic mass is 10.1. The first-order valence-corrected chi connectivity index (χ1v) is 13.1. The van der Waals surface area contributed by atoms with E-state index in [1.54, 1.807) is 11.3 Å². The summed E-state index contributed by atoms with van der Waals surface area (Å²) >= 11 is 7.37. The third-order valence-corrected chi connectivity index (χ3v) is 9.70. The van der Waals surface area contributed by atoms with E-state index < -0.39 is 0 Å². The minimum atomic E-state index is 0.815. The highest BCUT2D eigenvalue weighted by atomic mass is 32.1.